The number of pyridine rings is 1. The molecule has 1 aliphatic heterocycles. The summed E-state index contributed by atoms with van der Waals surface area (Å²) in [6, 6.07) is 5.83. The van der Waals surface area contributed by atoms with Crippen molar-refractivity contribution in [3.8, 4) is 0 Å². The molecule has 174 valence electrons. The van der Waals surface area contributed by atoms with Gasteiger partial charge in [0.1, 0.15) is 17.6 Å². The van der Waals surface area contributed by atoms with Crippen LogP contribution in [0.2, 0.25) is 0 Å². The lowest BCUT2D eigenvalue weighted by Gasteiger charge is -2.16. The molecular formula is C24H30N6O3. The zero-order chi connectivity index (χ0) is 22.6. The number of hydrogen-bond donors (Lipinski definition) is 4. The second-order valence-electron chi connectivity index (χ2n) is 9.01. The van der Waals surface area contributed by atoms with Crippen LogP contribution in [-0.2, 0) is 4.74 Å². The highest BCUT2D eigenvalue weighted by atomic mass is 16.6. The van der Waals surface area contributed by atoms with E-state index in [2.05, 4.69) is 37.2 Å². The molecule has 6 bridgehead atoms. The SMILES string of the molecule is O=C1NCCCNC(=O)c2cc(C3=CCCCC3)cc(n2)Nc2cc([nH]n2)[C@H]2CC[C@H](C2)O1. The Kier molecular flexibility index (Phi) is 6.28. The summed E-state index contributed by atoms with van der Waals surface area (Å²) in [4.78, 5) is 29.5. The molecule has 2 aromatic heterocycles. The van der Waals surface area contributed by atoms with Crippen LogP contribution >= 0.6 is 0 Å². The number of amides is 2. The van der Waals surface area contributed by atoms with E-state index in [4.69, 9.17) is 4.74 Å². The Hall–Kier alpha value is -3.36. The highest BCUT2D eigenvalue weighted by Gasteiger charge is 2.30. The predicted octanol–water partition coefficient (Wildman–Crippen LogP) is 4.00. The van der Waals surface area contributed by atoms with Crippen molar-refractivity contribution in [3.05, 3.63) is 41.2 Å². The number of nitrogens with one attached hydrogen (secondary N) is 4. The van der Waals surface area contributed by atoms with Gasteiger partial charge in [0.25, 0.3) is 5.91 Å². The highest BCUT2D eigenvalue weighted by molar-refractivity contribution is 5.94. The Morgan fingerprint density at radius 3 is 2.76 bits per heavy atom. The summed E-state index contributed by atoms with van der Waals surface area (Å²) >= 11 is 0. The van der Waals surface area contributed by atoms with Crippen molar-refractivity contribution in [1.82, 2.24) is 25.8 Å². The third-order valence-electron chi connectivity index (χ3n) is 6.58. The molecule has 9 heteroatoms. The number of ether oxygens (including phenoxy) is 1. The molecule has 0 aromatic carbocycles. The van der Waals surface area contributed by atoms with Crippen molar-refractivity contribution >= 4 is 29.2 Å². The Bertz CT molecular complexity index is 1060. The van der Waals surface area contributed by atoms with Gasteiger partial charge in [-0.25, -0.2) is 9.78 Å². The van der Waals surface area contributed by atoms with Crippen molar-refractivity contribution < 1.29 is 14.3 Å². The molecule has 5 rings (SSSR count). The molecule has 9 nitrogen and oxygen atoms in total. The van der Waals surface area contributed by atoms with Crippen LogP contribution in [0.5, 0.6) is 0 Å². The minimum Gasteiger partial charge on any atom is -0.446 e. The first-order valence-corrected chi connectivity index (χ1v) is 11.9. The van der Waals surface area contributed by atoms with Crippen LogP contribution < -0.4 is 16.0 Å². The van der Waals surface area contributed by atoms with Crippen LogP contribution in [0.1, 0.15) is 79.0 Å². The third kappa shape index (κ3) is 5.18. The molecule has 3 aliphatic rings. The van der Waals surface area contributed by atoms with Crippen molar-refractivity contribution in [3.63, 3.8) is 0 Å². The number of rotatable bonds is 1. The number of carbonyl (C=O) groups excluding carboxylic acids is 2. The van der Waals surface area contributed by atoms with Crippen LogP contribution in [0.3, 0.4) is 0 Å². The lowest BCUT2D eigenvalue weighted by molar-refractivity contribution is 0.0948. The highest BCUT2D eigenvalue weighted by Crippen LogP contribution is 2.36. The quantitative estimate of drug-likeness (QED) is 0.521. The molecule has 0 saturated heterocycles. The zero-order valence-corrected chi connectivity index (χ0v) is 18.7. The summed E-state index contributed by atoms with van der Waals surface area (Å²) in [6.07, 6.45) is 9.32. The fourth-order valence-corrected chi connectivity index (χ4v) is 4.83. The smallest absolute Gasteiger partial charge is 0.407 e. The molecule has 3 heterocycles. The molecular weight excluding hydrogens is 420 g/mol. The number of alkyl carbamates (subject to hydrolysis) is 1. The second-order valence-corrected chi connectivity index (χ2v) is 9.01. The van der Waals surface area contributed by atoms with Gasteiger partial charge in [-0.3, -0.25) is 9.89 Å². The van der Waals surface area contributed by atoms with E-state index in [-0.39, 0.29) is 17.9 Å². The van der Waals surface area contributed by atoms with Gasteiger partial charge in [-0.05, 0) is 74.6 Å². The minimum atomic E-state index is -0.403. The summed E-state index contributed by atoms with van der Waals surface area (Å²) in [5.41, 5.74) is 3.65. The number of nitrogens with zero attached hydrogens (tertiary/aromatic N) is 2. The van der Waals surface area contributed by atoms with Gasteiger partial charge >= 0.3 is 6.09 Å². The van der Waals surface area contributed by atoms with Crippen molar-refractivity contribution in [2.24, 2.45) is 0 Å². The number of fused-ring (bicyclic) bond motifs is 7. The molecule has 2 aliphatic carbocycles. The molecule has 2 atom stereocenters. The van der Waals surface area contributed by atoms with Crippen LogP contribution in [0.4, 0.5) is 16.4 Å². The van der Waals surface area contributed by atoms with Crippen molar-refractivity contribution in [2.75, 3.05) is 18.4 Å². The lowest BCUT2D eigenvalue weighted by Crippen LogP contribution is -2.32. The van der Waals surface area contributed by atoms with Crippen molar-refractivity contribution in [1.29, 1.82) is 0 Å². The third-order valence-corrected chi connectivity index (χ3v) is 6.58. The van der Waals surface area contributed by atoms with E-state index in [9.17, 15) is 9.59 Å². The van der Waals surface area contributed by atoms with E-state index in [1.54, 1.807) is 0 Å². The summed E-state index contributed by atoms with van der Waals surface area (Å²) in [5, 5.41) is 16.5. The van der Waals surface area contributed by atoms with Gasteiger partial charge in [0.2, 0.25) is 0 Å². The van der Waals surface area contributed by atoms with E-state index < -0.39 is 6.09 Å². The van der Waals surface area contributed by atoms with Gasteiger partial charge in [-0.2, -0.15) is 5.10 Å². The summed E-state index contributed by atoms with van der Waals surface area (Å²) in [7, 11) is 0. The van der Waals surface area contributed by atoms with E-state index >= 15 is 0 Å². The Morgan fingerprint density at radius 2 is 1.88 bits per heavy atom. The van der Waals surface area contributed by atoms with Crippen LogP contribution in [0.15, 0.2) is 24.3 Å². The maximum absolute atomic E-state index is 12.8. The molecule has 0 radical (unpaired) electrons. The number of aromatic nitrogens is 3. The molecule has 2 aromatic rings. The standard InChI is InChI=1S/C24H30N6O3/c31-23-20-12-17(15-5-2-1-3-6-15)13-21(27-20)28-22-14-19(29-30-22)16-7-8-18(11-16)33-24(32)26-10-4-9-25-23/h5,12-14,16,18H,1-4,6-11H2,(H,25,31)(H,26,32)(H2,27,28,29,30)/t16-,18+/m0/s1. The van der Waals surface area contributed by atoms with Gasteiger partial charge in [0, 0.05) is 30.8 Å². The van der Waals surface area contributed by atoms with E-state index in [0.717, 1.165) is 49.8 Å². The normalized spacial score (nSPS) is 23.8. The Morgan fingerprint density at radius 1 is 0.970 bits per heavy atom. The van der Waals surface area contributed by atoms with Crippen LogP contribution in [0, 0.1) is 0 Å². The van der Waals surface area contributed by atoms with Crippen LogP contribution in [-0.4, -0.2) is 46.4 Å². The maximum atomic E-state index is 12.8. The van der Waals surface area contributed by atoms with Crippen LogP contribution in [0.25, 0.3) is 5.57 Å². The van der Waals surface area contributed by atoms with Gasteiger partial charge in [0.15, 0.2) is 5.82 Å². The number of carbonyl (C=O) groups is 2. The first-order valence-electron chi connectivity index (χ1n) is 11.9. The number of anilines is 2. The molecule has 2 amide bonds. The minimum absolute atomic E-state index is 0.0991. The average Bonchev–Trinajstić information content (AvgIpc) is 3.48. The molecule has 1 fully saturated rings. The van der Waals surface area contributed by atoms with Gasteiger partial charge in [-0.15, -0.1) is 0 Å². The van der Waals surface area contributed by atoms with Gasteiger partial charge in [0.05, 0.1) is 0 Å². The second kappa shape index (κ2) is 9.64. The van der Waals surface area contributed by atoms with E-state index in [1.807, 2.05) is 18.2 Å². The molecule has 0 unspecified atom stereocenters. The summed E-state index contributed by atoms with van der Waals surface area (Å²) < 4.78 is 5.56. The number of hydrogen-bond acceptors (Lipinski definition) is 6. The molecule has 0 spiro atoms. The maximum Gasteiger partial charge on any atom is 0.407 e. The molecule has 4 N–H and O–H groups in total. The topological polar surface area (TPSA) is 121 Å². The number of aromatic amines is 1. The van der Waals surface area contributed by atoms with E-state index in [0.29, 0.717) is 36.8 Å². The van der Waals surface area contributed by atoms with E-state index in [1.165, 1.54) is 12.0 Å². The lowest BCUT2D eigenvalue weighted by atomic mass is 9.93. The van der Waals surface area contributed by atoms with Gasteiger partial charge in [-0.1, -0.05) is 6.08 Å². The fourth-order valence-electron chi connectivity index (χ4n) is 4.83. The largest absolute Gasteiger partial charge is 0.446 e. The molecule has 33 heavy (non-hydrogen) atoms. The summed E-state index contributed by atoms with van der Waals surface area (Å²) in [5.74, 6) is 1.28. The molecule has 1 saturated carbocycles. The predicted molar refractivity (Wildman–Crippen MR) is 124 cm³/mol. The Balaban J connectivity index is 1.44. The van der Waals surface area contributed by atoms with Gasteiger partial charge < -0.3 is 20.7 Å². The number of H-pyrrole nitrogens is 1. The monoisotopic (exact) mass is 450 g/mol. The fraction of sp³-hybridized carbons (Fsp3) is 0.500. The van der Waals surface area contributed by atoms with Crippen molar-refractivity contribution in [2.45, 2.75) is 63.4 Å². The number of allylic oxidation sites excluding steroid dienone is 2. The average molecular weight is 451 g/mol. The first-order chi connectivity index (χ1) is 16.1. The first kappa shape index (κ1) is 21.5. The summed E-state index contributed by atoms with van der Waals surface area (Å²) in [6.45, 7) is 0.872. The Labute approximate surface area is 192 Å². The zero-order valence-electron chi connectivity index (χ0n) is 18.7.